The van der Waals surface area contributed by atoms with Crippen molar-refractivity contribution in [3.8, 4) is 12.1 Å². The molecule has 2 aromatic rings. The molecule has 0 saturated carbocycles. The number of hydrogen-bond donors (Lipinski definition) is 0. The molecule has 0 aromatic heterocycles. The number of rotatable bonds is 3. The number of benzene rings is 2. The minimum Gasteiger partial charge on any atom is -0.345 e. The molecule has 0 aliphatic carbocycles. The zero-order chi connectivity index (χ0) is 15.9. The Balaban J connectivity index is 2.37. The van der Waals surface area contributed by atoms with Crippen LogP contribution in [0.3, 0.4) is 0 Å². The second-order valence-electron chi connectivity index (χ2n) is 4.50. The van der Waals surface area contributed by atoms with E-state index in [-0.39, 0.29) is 11.3 Å². The average molecular weight is 284 g/mol. The molecule has 4 heteroatoms. The van der Waals surface area contributed by atoms with Crippen LogP contribution in [0, 0.1) is 29.2 Å². The van der Waals surface area contributed by atoms with E-state index >= 15 is 0 Å². The van der Waals surface area contributed by atoms with Crippen LogP contribution in [-0.4, -0.2) is 7.05 Å². The summed E-state index contributed by atoms with van der Waals surface area (Å²) in [5, 5.41) is 17.8. The first-order valence-corrected chi connectivity index (χ1v) is 6.52. The number of hydrogen-bond acceptors (Lipinski definition) is 3. The molecule has 0 N–H and O–H groups in total. The highest BCUT2D eigenvalue weighted by atomic mass is 15.1. The van der Waals surface area contributed by atoms with Crippen LogP contribution >= 0.6 is 0 Å². The quantitative estimate of drug-likeness (QED) is 0.629. The van der Waals surface area contributed by atoms with Crippen molar-refractivity contribution < 1.29 is 0 Å². The van der Waals surface area contributed by atoms with E-state index in [1.54, 1.807) is 24.3 Å². The Morgan fingerprint density at radius 1 is 0.955 bits per heavy atom. The minimum absolute atomic E-state index is 0.0823. The van der Waals surface area contributed by atoms with Crippen LogP contribution in [0.1, 0.15) is 5.56 Å². The van der Waals surface area contributed by atoms with Crippen molar-refractivity contribution in [2.45, 2.75) is 0 Å². The van der Waals surface area contributed by atoms with Crippen LogP contribution in [0.15, 0.2) is 60.2 Å². The van der Waals surface area contributed by atoms with Crippen molar-refractivity contribution in [3.05, 3.63) is 77.2 Å². The maximum atomic E-state index is 8.90. The van der Waals surface area contributed by atoms with E-state index in [4.69, 9.17) is 17.1 Å². The first-order valence-electron chi connectivity index (χ1n) is 6.52. The van der Waals surface area contributed by atoms with Gasteiger partial charge in [-0.15, -0.1) is 0 Å². The van der Waals surface area contributed by atoms with Gasteiger partial charge in [0, 0.05) is 18.4 Å². The van der Waals surface area contributed by atoms with Gasteiger partial charge in [0.2, 0.25) is 5.70 Å². The number of anilines is 2. The molecule has 0 fully saturated rings. The summed E-state index contributed by atoms with van der Waals surface area (Å²) in [5.41, 5.74) is 2.48. The van der Waals surface area contributed by atoms with Crippen LogP contribution in [-0.2, 0) is 0 Å². The molecule has 0 aliphatic heterocycles. The lowest BCUT2D eigenvalue weighted by Gasteiger charge is -2.19. The van der Waals surface area contributed by atoms with E-state index in [1.165, 1.54) is 0 Å². The van der Waals surface area contributed by atoms with Crippen LogP contribution in [0.5, 0.6) is 0 Å². The summed E-state index contributed by atoms with van der Waals surface area (Å²) in [5.74, 6) is 0. The zero-order valence-corrected chi connectivity index (χ0v) is 12.0. The molecule has 2 aromatic carbocycles. The van der Waals surface area contributed by atoms with E-state index in [9.17, 15) is 0 Å². The fourth-order valence-corrected chi connectivity index (χ4v) is 2.04. The highest BCUT2D eigenvalue weighted by Crippen LogP contribution is 2.26. The third-order valence-corrected chi connectivity index (χ3v) is 3.24. The zero-order valence-electron chi connectivity index (χ0n) is 12.0. The van der Waals surface area contributed by atoms with E-state index < -0.39 is 0 Å². The molecule has 0 aliphatic rings. The van der Waals surface area contributed by atoms with Gasteiger partial charge in [-0.3, -0.25) is 0 Å². The van der Waals surface area contributed by atoms with E-state index in [2.05, 4.69) is 4.85 Å². The van der Waals surface area contributed by atoms with Gasteiger partial charge >= 0.3 is 0 Å². The van der Waals surface area contributed by atoms with Gasteiger partial charge in [-0.05, 0) is 29.8 Å². The topological polar surface area (TPSA) is 55.2 Å². The van der Waals surface area contributed by atoms with Gasteiger partial charge in [-0.1, -0.05) is 30.3 Å². The van der Waals surface area contributed by atoms with Gasteiger partial charge in [0.25, 0.3) is 0 Å². The number of allylic oxidation sites excluding steroid dienone is 1. The molecular weight excluding hydrogens is 272 g/mol. The summed E-state index contributed by atoms with van der Waals surface area (Å²) in [7, 11) is 1.95. The Kier molecular flexibility index (Phi) is 4.56. The van der Waals surface area contributed by atoms with E-state index in [1.807, 2.05) is 54.4 Å². The molecule has 0 atom stereocenters. The predicted molar refractivity (Wildman–Crippen MR) is 85.7 cm³/mol. The van der Waals surface area contributed by atoms with Gasteiger partial charge in [0.05, 0.1) is 18.7 Å². The first-order chi connectivity index (χ1) is 10.7. The van der Waals surface area contributed by atoms with Gasteiger partial charge in [-0.25, -0.2) is 4.85 Å². The third kappa shape index (κ3) is 2.96. The average Bonchev–Trinajstić information content (AvgIpc) is 2.60. The van der Waals surface area contributed by atoms with Crippen molar-refractivity contribution in [2.75, 3.05) is 11.9 Å². The van der Waals surface area contributed by atoms with Gasteiger partial charge in [0.15, 0.2) is 0 Å². The molecule has 22 heavy (non-hydrogen) atoms. The third-order valence-electron chi connectivity index (χ3n) is 3.24. The summed E-state index contributed by atoms with van der Waals surface area (Å²) in [6.07, 6.45) is 0. The minimum atomic E-state index is -0.167. The van der Waals surface area contributed by atoms with Crippen LogP contribution < -0.4 is 4.90 Å². The van der Waals surface area contributed by atoms with Crippen LogP contribution in [0.2, 0.25) is 0 Å². The Labute approximate surface area is 129 Å². The highest BCUT2D eigenvalue weighted by Gasteiger charge is 2.10. The molecule has 0 bridgehead atoms. The summed E-state index contributed by atoms with van der Waals surface area (Å²) in [6, 6.07) is 20.6. The molecule has 0 heterocycles. The Hall–Kier alpha value is -3.55. The molecule has 0 saturated heterocycles. The van der Waals surface area contributed by atoms with Crippen molar-refractivity contribution >= 4 is 17.1 Å². The number of para-hydroxylation sites is 1. The summed E-state index contributed by atoms with van der Waals surface area (Å²) in [6.45, 7) is 7.16. The summed E-state index contributed by atoms with van der Waals surface area (Å²) < 4.78 is 0. The monoisotopic (exact) mass is 284 g/mol. The summed E-state index contributed by atoms with van der Waals surface area (Å²) >= 11 is 0. The standard InChI is InChI=1S/C18H12N4/c1-21-18(15(12-19)13-20)14-8-10-17(11-9-14)22(2)16-6-4-3-5-7-16/h3-11H,2H3. The molecule has 0 unspecified atom stereocenters. The lowest BCUT2D eigenvalue weighted by Crippen LogP contribution is -2.08. The molecule has 2 rings (SSSR count). The predicted octanol–water partition coefficient (Wildman–Crippen LogP) is 4.13. The van der Waals surface area contributed by atoms with Crippen molar-refractivity contribution in [2.24, 2.45) is 0 Å². The maximum absolute atomic E-state index is 8.90. The maximum Gasteiger partial charge on any atom is 0.222 e. The molecule has 0 radical (unpaired) electrons. The van der Waals surface area contributed by atoms with E-state index in [0.29, 0.717) is 5.56 Å². The second-order valence-corrected chi connectivity index (χ2v) is 4.50. The SMILES string of the molecule is [C-]#[N+]C(=C(C#N)C#N)c1ccc(N(C)c2ccccc2)cc1. The molecule has 0 spiro atoms. The van der Waals surface area contributed by atoms with Crippen LogP contribution in [0.4, 0.5) is 11.4 Å². The largest absolute Gasteiger partial charge is 0.345 e. The molecule has 104 valence electrons. The molecular formula is C18H12N4. The fourth-order valence-electron chi connectivity index (χ4n) is 2.04. The molecule has 4 nitrogen and oxygen atoms in total. The van der Waals surface area contributed by atoms with Crippen molar-refractivity contribution in [1.29, 1.82) is 10.5 Å². The second kappa shape index (κ2) is 6.75. The number of nitrogens with zero attached hydrogens (tertiary/aromatic N) is 4. The first kappa shape index (κ1) is 14.9. The van der Waals surface area contributed by atoms with Crippen molar-refractivity contribution in [1.82, 2.24) is 0 Å². The normalized spacial score (nSPS) is 9.00. The Morgan fingerprint density at radius 3 is 2.00 bits per heavy atom. The van der Waals surface area contributed by atoms with Gasteiger partial charge < -0.3 is 4.90 Å². The fraction of sp³-hybridized carbons (Fsp3) is 0.0556. The van der Waals surface area contributed by atoms with Crippen LogP contribution in [0.25, 0.3) is 10.5 Å². The highest BCUT2D eigenvalue weighted by molar-refractivity contribution is 5.80. The van der Waals surface area contributed by atoms with Gasteiger partial charge in [0.1, 0.15) is 5.57 Å². The van der Waals surface area contributed by atoms with Gasteiger partial charge in [-0.2, -0.15) is 10.5 Å². The summed E-state index contributed by atoms with van der Waals surface area (Å²) in [4.78, 5) is 5.32. The molecule has 0 amide bonds. The Bertz CT molecular complexity index is 797. The van der Waals surface area contributed by atoms with E-state index in [0.717, 1.165) is 11.4 Å². The van der Waals surface area contributed by atoms with Crippen molar-refractivity contribution in [3.63, 3.8) is 0 Å². The lowest BCUT2D eigenvalue weighted by molar-refractivity contribution is 1.21. The Morgan fingerprint density at radius 2 is 1.50 bits per heavy atom. The number of nitriles is 2. The smallest absolute Gasteiger partial charge is 0.222 e. The lowest BCUT2D eigenvalue weighted by atomic mass is 10.1.